The van der Waals surface area contributed by atoms with Crippen LogP contribution in [0.1, 0.15) is 78.8 Å². The predicted octanol–water partition coefficient (Wildman–Crippen LogP) is 5.80. The molecular weight excluding hydrogens is 372 g/mol. The Bertz CT molecular complexity index is 966. The number of aryl methyl sites for hydroxylation is 2. The third kappa shape index (κ3) is 5.03. The van der Waals surface area contributed by atoms with Crippen molar-refractivity contribution in [2.75, 3.05) is 5.32 Å². The summed E-state index contributed by atoms with van der Waals surface area (Å²) in [6.45, 7) is 11.2. The Kier molecular flexibility index (Phi) is 7.17. The summed E-state index contributed by atoms with van der Waals surface area (Å²) in [5, 5.41) is 3.02. The van der Waals surface area contributed by atoms with Crippen LogP contribution in [0.4, 0.5) is 5.69 Å². The van der Waals surface area contributed by atoms with Crippen LogP contribution in [0.3, 0.4) is 0 Å². The quantitative estimate of drug-likeness (QED) is 0.656. The van der Waals surface area contributed by atoms with Gasteiger partial charge in [0, 0.05) is 29.7 Å². The smallest absolute Gasteiger partial charge is 0.261 e. The molecule has 0 radical (unpaired) electrons. The summed E-state index contributed by atoms with van der Waals surface area (Å²) in [6, 6.07) is 7.50. The van der Waals surface area contributed by atoms with Gasteiger partial charge in [0.2, 0.25) is 0 Å². The first-order valence-electron chi connectivity index (χ1n) is 11.4. The Morgan fingerprint density at radius 2 is 1.83 bits per heavy atom. The lowest BCUT2D eigenvalue weighted by Gasteiger charge is -2.27. The van der Waals surface area contributed by atoms with Gasteiger partial charge in [-0.15, -0.1) is 0 Å². The molecule has 1 aliphatic rings. The van der Waals surface area contributed by atoms with Gasteiger partial charge in [0.05, 0.1) is 0 Å². The lowest BCUT2D eigenvalue weighted by molar-refractivity contribution is 0.102. The minimum absolute atomic E-state index is 0.175. The van der Waals surface area contributed by atoms with E-state index in [9.17, 15) is 9.59 Å². The Balaban J connectivity index is 2.03. The maximum Gasteiger partial charge on any atom is 0.261 e. The fraction of sp³-hybridized carbons (Fsp3) is 0.538. The van der Waals surface area contributed by atoms with Gasteiger partial charge in [-0.25, -0.2) is 0 Å². The number of amides is 1. The highest BCUT2D eigenvalue weighted by molar-refractivity contribution is 6.05. The highest BCUT2D eigenvalue weighted by atomic mass is 16.2. The SMILES string of the molecule is Cc1cccc(NC(=O)c2c(CC(C)C)n(CC3CCCCC3)c(C)cc2=O)c1C. The van der Waals surface area contributed by atoms with Gasteiger partial charge in [-0.2, -0.15) is 0 Å². The topological polar surface area (TPSA) is 51.1 Å². The van der Waals surface area contributed by atoms with Crippen molar-refractivity contribution in [2.24, 2.45) is 11.8 Å². The largest absolute Gasteiger partial charge is 0.348 e. The third-order valence-electron chi connectivity index (χ3n) is 6.47. The summed E-state index contributed by atoms with van der Waals surface area (Å²) in [7, 11) is 0. The van der Waals surface area contributed by atoms with Crippen LogP contribution in [0.5, 0.6) is 0 Å². The molecule has 3 rings (SSSR count). The van der Waals surface area contributed by atoms with Gasteiger partial charge in [-0.1, -0.05) is 45.2 Å². The van der Waals surface area contributed by atoms with Gasteiger partial charge in [0.1, 0.15) is 5.56 Å². The van der Waals surface area contributed by atoms with E-state index in [1.165, 1.54) is 32.1 Å². The van der Waals surface area contributed by atoms with E-state index in [1.807, 2.05) is 39.0 Å². The Hall–Kier alpha value is -2.36. The van der Waals surface area contributed by atoms with E-state index in [4.69, 9.17) is 0 Å². The number of anilines is 1. The molecule has 0 bridgehead atoms. The monoisotopic (exact) mass is 408 g/mol. The van der Waals surface area contributed by atoms with E-state index in [0.717, 1.165) is 41.2 Å². The molecule has 4 heteroatoms. The second-order valence-electron chi connectivity index (χ2n) is 9.39. The van der Waals surface area contributed by atoms with Gasteiger partial charge in [0.25, 0.3) is 5.91 Å². The number of benzene rings is 1. The van der Waals surface area contributed by atoms with Crippen molar-refractivity contribution in [3.8, 4) is 0 Å². The molecule has 0 atom stereocenters. The average Bonchev–Trinajstić information content (AvgIpc) is 2.68. The van der Waals surface area contributed by atoms with E-state index in [1.54, 1.807) is 6.07 Å². The Morgan fingerprint density at radius 3 is 2.50 bits per heavy atom. The molecule has 30 heavy (non-hydrogen) atoms. The fourth-order valence-electron chi connectivity index (χ4n) is 4.63. The highest BCUT2D eigenvalue weighted by Crippen LogP contribution is 2.27. The molecule has 4 nitrogen and oxygen atoms in total. The van der Waals surface area contributed by atoms with Crippen LogP contribution < -0.4 is 10.7 Å². The molecule has 2 aromatic rings. The van der Waals surface area contributed by atoms with Gasteiger partial charge >= 0.3 is 0 Å². The minimum atomic E-state index is -0.290. The number of rotatable bonds is 6. The second-order valence-corrected chi connectivity index (χ2v) is 9.39. The molecule has 1 heterocycles. The lowest BCUT2D eigenvalue weighted by atomic mass is 9.88. The normalized spacial score (nSPS) is 14.9. The molecular formula is C26H36N2O2. The number of hydrogen-bond donors (Lipinski definition) is 1. The van der Waals surface area contributed by atoms with E-state index in [2.05, 4.69) is 23.7 Å². The summed E-state index contributed by atoms with van der Waals surface area (Å²) in [6.07, 6.45) is 7.07. The van der Waals surface area contributed by atoms with Crippen LogP contribution in [0, 0.1) is 32.6 Å². The molecule has 0 aliphatic heterocycles. The first kappa shape index (κ1) is 22.3. The van der Waals surface area contributed by atoms with E-state index < -0.39 is 0 Å². The number of nitrogens with zero attached hydrogens (tertiary/aromatic N) is 1. The van der Waals surface area contributed by atoms with Gasteiger partial charge in [0.15, 0.2) is 5.43 Å². The molecule has 1 aromatic carbocycles. The fourth-order valence-corrected chi connectivity index (χ4v) is 4.63. The van der Waals surface area contributed by atoms with Crippen molar-refractivity contribution in [1.29, 1.82) is 0 Å². The first-order chi connectivity index (χ1) is 14.3. The van der Waals surface area contributed by atoms with Crippen molar-refractivity contribution >= 4 is 11.6 Å². The average molecular weight is 409 g/mol. The van der Waals surface area contributed by atoms with Crippen molar-refractivity contribution in [1.82, 2.24) is 4.57 Å². The molecule has 1 N–H and O–H groups in total. The van der Waals surface area contributed by atoms with Crippen molar-refractivity contribution < 1.29 is 4.79 Å². The molecule has 1 aromatic heterocycles. The molecule has 1 amide bonds. The van der Waals surface area contributed by atoms with Crippen molar-refractivity contribution in [3.63, 3.8) is 0 Å². The summed E-state index contributed by atoms with van der Waals surface area (Å²) in [5.41, 5.74) is 4.92. The van der Waals surface area contributed by atoms with E-state index in [0.29, 0.717) is 17.4 Å². The third-order valence-corrected chi connectivity index (χ3v) is 6.47. The second kappa shape index (κ2) is 9.63. The van der Waals surface area contributed by atoms with Crippen molar-refractivity contribution in [3.05, 3.63) is 62.6 Å². The molecule has 0 spiro atoms. The predicted molar refractivity (Wildman–Crippen MR) is 124 cm³/mol. The van der Waals surface area contributed by atoms with Crippen LogP contribution in [-0.2, 0) is 13.0 Å². The molecule has 1 saturated carbocycles. The number of nitrogens with one attached hydrogen (secondary N) is 1. The maximum atomic E-state index is 13.3. The van der Waals surface area contributed by atoms with E-state index >= 15 is 0 Å². The molecule has 0 unspecified atom stereocenters. The summed E-state index contributed by atoms with van der Waals surface area (Å²) in [5.74, 6) is 0.693. The molecule has 162 valence electrons. The maximum absolute atomic E-state index is 13.3. The minimum Gasteiger partial charge on any atom is -0.348 e. The zero-order valence-electron chi connectivity index (χ0n) is 19.2. The zero-order valence-corrected chi connectivity index (χ0v) is 19.2. The Labute approximate surface area is 180 Å². The van der Waals surface area contributed by atoms with Crippen molar-refractivity contribution in [2.45, 2.75) is 79.7 Å². The molecule has 1 fully saturated rings. The van der Waals surface area contributed by atoms with Crippen LogP contribution in [-0.4, -0.2) is 10.5 Å². The lowest BCUT2D eigenvalue weighted by Crippen LogP contribution is -2.30. The molecule has 0 saturated heterocycles. The number of aromatic nitrogens is 1. The van der Waals surface area contributed by atoms with Gasteiger partial charge < -0.3 is 9.88 Å². The zero-order chi connectivity index (χ0) is 21.8. The number of pyridine rings is 1. The number of carbonyl (C=O) groups excluding carboxylic acids is 1. The highest BCUT2D eigenvalue weighted by Gasteiger charge is 2.24. The van der Waals surface area contributed by atoms with Gasteiger partial charge in [-0.05, 0) is 69.1 Å². The molecule has 1 aliphatic carbocycles. The van der Waals surface area contributed by atoms with Crippen LogP contribution in [0.15, 0.2) is 29.1 Å². The summed E-state index contributed by atoms with van der Waals surface area (Å²) >= 11 is 0. The van der Waals surface area contributed by atoms with Crippen LogP contribution in [0.25, 0.3) is 0 Å². The number of hydrogen-bond acceptors (Lipinski definition) is 2. The standard InChI is InChI=1S/C26H36N2O2/c1-17(2)14-23-25(26(30)27-22-13-9-10-18(3)20(22)5)24(29)15-19(4)28(23)16-21-11-7-6-8-12-21/h9-10,13,15,17,21H,6-8,11-12,14,16H2,1-5H3,(H,27,30). The van der Waals surface area contributed by atoms with E-state index in [-0.39, 0.29) is 11.3 Å². The van der Waals surface area contributed by atoms with Gasteiger partial charge in [-0.3, -0.25) is 9.59 Å². The first-order valence-corrected chi connectivity index (χ1v) is 11.4. The Morgan fingerprint density at radius 1 is 1.13 bits per heavy atom. The van der Waals surface area contributed by atoms with Crippen LogP contribution >= 0.6 is 0 Å². The van der Waals surface area contributed by atoms with Crippen LogP contribution in [0.2, 0.25) is 0 Å². The summed E-state index contributed by atoms with van der Waals surface area (Å²) in [4.78, 5) is 26.3. The summed E-state index contributed by atoms with van der Waals surface area (Å²) < 4.78 is 2.26. The number of carbonyl (C=O) groups is 1.